The molecule has 3 heterocycles. The van der Waals surface area contributed by atoms with E-state index in [9.17, 15) is 4.79 Å². The molecule has 0 unspecified atom stereocenters. The Labute approximate surface area is 177 Å². The van der Waals surface area contributed by atoms with Crippen molar-refractivity contribution < 1.29 is 9.53 Å². The number of carbonyl (C=O) groups is 1. The van der Waals surface area contributed by atoms with Gasteiger partial charge in [-0.1, -0.05) is 23.2 Å². The topological polar surface area (TPSA) is 99.2 Å². The van der Waals surface area contributed by atoms with Crippen molar-refractivity contribution in [3.05, 3.63) is 57.6 Å². The Bertz CT molecular complexity index is 1080. The first-order chi connectivity index (χ1) is 13.9. The van der Waals surface area contributed by atoms with Gasteiger partial charge >= 0.3 is 6.03 Å². The Morgan fingerprint density at radius 1 is 1.31 bits per heavy atom. The zero-order valence-electron chi connectivity index (χ0n) is 15.6. The lowest BCUT2D eigenvalue weighted by Crippen LogP contribution is -2.30. The number of ether oxygens (including phenoxy) is 1. The highest BCUT2D eigenvalue weighted by Crippen LogP contribution is 2.38. The molecule has 0 saturated heterocycles. The molecule has 0 aliphatic carbocycles. The predicted molar refractivity (Wildman–Crippen MR) is 109 cm³/mol. The summed E-state index contributed by atoms with van der Waals surface area (Å²) >= 11 is 12.6. The molecule has 3 aromatic rings. The molecule has 10 heteroatoms. The van der Waals surface area contributed by atoms with Gasteiger partial charge in [-0.3, -0.25) is 4.68 Å². The number of urea groups is 1. The van der Waals surface area contributed by atoms with Crippen LogP contribution in [0.1, 0.15) is 17.0 Å². The molecule has 2 amide bonds. The number of fused-ring (bicyclic) bond motifs is 1. The van der Waals surface area contributed by atoms with Gasteiger partial charge in [-0.2, -0.15) is 5.10 Å². The summed E-state index contributed by atoms with van der Waals surface area (Å²) in [5, 5.41) is 5.17. The monoisotopic (exact) mass is 432 g/mol. The smallest absolute Gasteiger partial charge is 0.315 e. The summed E-state index contributed by atoms with van der Waals surface area (Å²) < 4.78 is 7.75. The van der Waals surface area contributed by atoms with Crippen molar-refractivity contribution in [2.75, 3.05) is 6.61 Å². The number of hydrogen-bond donors (Lipinski definition) is 1. The second-order valence-electron chi connectivity index (χ2n) is 6.69. The predicted octanol–water partition coefficient (Wildman–Crippen LogP) is 3.43. The fraction of sp³-hybridized carbons (Fsp3) is 0.263. The van der Waals surface area contributed by atoms with Crippen LogP contribution in [0.5, 0.6) is 5.75 Å². The maximum absolute atomic E-state index is 11.4. The lowest BCUT2D eigenvalue weighted by atomic mass is 10.1. The standard InChI is InChI=1S/C19H18Cl2N6O2/c1-11-2-3-27(25-11)4-5-29-16-7-13(20)6-14(21)17(16)18-23-8-12-9-26(19(22)28)10-15(12)24-18/h2-3,6-8H,4-5,9-10H2,1H3,(H2,22,28). The van der Waals surface area contributed by atoms with E-state index < -0.39 is 6.03 Å². The fourth-order valence-electron chi connectivity index (χ4n) is 3.15. The van der Waals surface area contributed by atoms with Crippen LogP contribution in [-0.2, 0) is 19.6 Å². The molecule has 1 aliphatic heterocycles. The number of primary amides is 1. The number of aromatic nitrogens is 4. The Balaban J connectivity index is 1.60. The fourth-order valence-corrected chi connectivity index (χ4v) is 3.71. The third kappa shape index (κ3) is 4.13. The number of nitrogens with zero attached hydrogens (tertiary/aromatic N) is 5. The van der Waals surface area contributed by atoms with Gasteiger partial charge < -0.3 is 15.4 Å². The highest BCUT2D eigenvalue weighted by Gasteiger charge is 2.25. The van der Waals surface area contributed by atoms with E-state index >= 15 is 0 Å². The van der Waals surface area contributed by atoms with Crippen molar-refractivity contribution in [2.24, 2.45) is 5.73 Å². The van der Waals surface area contributed by atoms with Gasteiger partial charge in [0, 0.05) is 23.0 Å². The summed E-state index contributed by atoms with van der Waals surface area (Å²) in [4.78, 5) is 22.0. The minimum Gasteiger partial charge on any atom is -0.491 e. The maximum atomic E-state index is 11.4. The molecule has 2 N–H and O–H groups in total. The molecule has 1 aliphatic rings. The Hall–Kier alpha value is -2.84. The van der Waals surface area contributed by atoms with Crippen molar-refractivity contribution in [3.63, 3.8) is 0 Å². The van der Waals surface area contributed by atoms with Crippen molar-refractivity contribution in [2.45, 2.75) is 26.6 Å². The summed E-state index contributed by atoms with van der Waals surface area (Å²) in [5.41, 5.74) is 8.45. The third-order valence-corrected chi connectivity index (χ3v) is 5.08. The summed E-state index contributed by atoms with van der Waals surface area (Å²) in [5.74, 6) is 0.887. The van der Waals surface area contributed by atoms with Crippen molar-refractivity contribution in [1.29, 1.82) is 0 Å². The van der Waals surface area contributed by atoms with Crippen LogP contribution in [0.15, 0.2) is 30.6 Å². The zero-order chi connectivity index (χ0) is 20.5. The van der Waals surface area contributed by atoms with E-state index in [4.69, 9.17) is 33.7 Å². The summed E-state index contributed by atoms with van der Waals surface area (Å²) in [7, 11) is 0. The molecule has 1 aromatic carbocycles. The van der Waals surface area contributed by atoms with Crippen LogP contribution in [0, 0.1) is 6.92 Å². The summed E-state index contributed by atoms with van der Waals surface area (Å²) in [6.07, 6.45) is 3.57. The molecule has 29 heavy (non-hydrogen) atoms. The second kappa shape index (κ2) is 7.88. The van der Waals surface area contributed by atoms with E-state index in [0.717, 1.165) is 17.0 Å². The second-order valence-corrected chi connectivity index (χ2v) is 7.53. The van der Waals surface area contributed by atoms with Gasteiger partial charge in [0.15, 0.2) is 5.82 Å². The van der Waals surface area contributed by atoms with Crippen molar-refractivity contribution >= 4 is 29.2 Å². The zero-order valence-corrected chi connectivity index (χ0v) is 17.1. The molecule has 0 bridgehead atoms. The molecule has 8 nitrogen and oxygen atoms in total. The highest BCUT2D eigenvalue weighted by atomic mass is 35.5. The molecule has 4 rings (SSSR count). The number of amides is 2. The SMILES string of the molecule is Cc1ccn(CCOc2cc(Cl)cc(Cl)c2-c2ncc3c(n2)CN(C(N)=O)C3)n1. The first-order valence-corrected chi connectivity index (χ1v) is 9.68. The normalized spacial score (nSPS) is 12.9. The van der Waals surface area contributed by atoms with E-state index in [2.05, 4.69) is 15.1 Å². The average molecular weight is 433 g/mol. The lowest BCUT2D eigenvalue weighted by molar-refractivity contribution is 0.208. The van der Waals surface area contributed by atoms with Crippen LogP contribution in [-0.4, -0.2) is 37.3 Å². The molecule has 0 spiro atoms. The van der Waals surface area contributed by atoms with E-state index in [-0.39, 0.29) is 0 Å². The van der Waals surface area contributed by atoms with Crippen LogP contribution in [0.25, 0.3) is 11.4 Å². The Morgan fingerprint density at radius 3 is 2.86 bits per heavy atom. The third-order valence-electron chi connectivity index (χ3n) is 4.56. The summed E-state index contributed by atoms with van der Waals surface area (Å²) in [6, 6.07) is 4.74. The van der Waals surface area contributed by atoms with Gasteiger partial charge in [0.25, 0.3) is 0 Å². The van der Waals surface area contributed by atoms with Gasteiger partial charge in [-0.15, -0.1) is 0 Å². The van der Waals surface area contributed by atoms with Crippen molar-refractivity contribution in [1.82, 2.24) is 24.6 Å². The van der Waals surface area contributed by atoms with Crippen LogP contribution >= 0.6 is 23.2 Å². The first-order valence-electron chi connectivity index (χ1n) is 8.92. The molecular weight excluding hydrogens is 415 g/mol. The van der Waals surface area contributed by atoms with Crippen LogP contribution in [0.2, 0.25) is 10.0 Å². The van der Waals surface area contributed by atoms with E-state index in [1.807, 2.05) is 19.2 Å². The largest absolute Gasteiger partial charge is 0.491 e. The number of rotatable bonds is 5. The molecular formula is C19H18Cl2N6O2. The number of aryl methyl sites for hydroxylation is 1. The molecule has 0 radical (unpaired) electrons. The van der Waals surface area contributed by atoms with E-state index in [1.54, 1.807) is 23.0 Å². The van der Waals surface area contributed by atoms with Gasteiger partial charge in [0.1, 0.15) is 12.4 Å². The minimum atomic E-state index is -0.494. The highest BCUT2D eigenvalue weighted by molar-refractivity contribution is 6.36. The van der Waals surface area contributed by atoms with Gasteiger partial charge in [-0.25, -0.2) is 14.8 Å². The van der Waals surface area contributed by atoms with Crippen LogP contribution in [0.4, 0.5) is 4.79 Å². The first kappa shape index (κ1) is 19.5. The molecule has 150 valence electrons. The number of benzene rings is 1. The molecule has 2 aromatic heterocycles. The minimum absolute atomic E-state index is 0.334. The van der Waals surface area contributed by atoms with Crippen molar-refractivity contribution in [3.8, 4) is 17.1 Å². The number of carbonyl (C=O) groups excluding carboxylic acids is 1. The molecule has 0 atom stereocenters. The summed E-state index contributed by atoms with van der Waals surface area (Å²) in [6.45, 7) is 3.59. The Kier molecular flexibility index (Phi) is 5.29. The van der Waals surface area contributed by atoms with Gasteiger partial charge in [0.2, 0.25) is 0 Å². The van der Waals surface area contributed by atoms with Crippen LogP contribution < -0.4 is 10.5 Å². The molecule has 0 saturated carbocycles. The van der Waals surface area contributed by atoms with Gasteiger partial charge in [-0.05, 0) is 25.1 Å². The van der Waals surface area contributed by atoms with Gasteiger partial charge in [0.05, 0.1) is 41.6 Å². The quantitative estimate of drug-likeness (QED) is 0.665. The number of nitrogens with two attached hydrogens (primary N) is 1. The number of halogens is 2. The Morgan fingerprint density at radius 2 is 2.14 bits per heavy atom. The average Bonchev–Trinajstić information content (AvgIpc) is 3.27. The lowest BCUT2D eigenvalue weighted by Gasteiger charge is -2.13. The van der Waals surface area contributed by atoms with E-state index in [1.165, 1.54) is 4.90 Å². The van der Waals surface area contributed by atoms with Crippen LogP contribution in [0.3, 0.4) is 0 Å². The molecule has 0 fully saturated rings. The maximum Gasteiger partial charge on any atom is 0.315 e. The number of hydrogen-bond acceptors (Lipinski definition) is 5. The van der Waals surface area contributed by atoms with E-state index in [0.29, 0.717) is 53.4 Å².